The monoisotopic (exact) mass is 456 g/mol. The lowest BCUT2D eigenvalue weighted by molar-refractivity contribution is -0.142. The van der Waals surface area contributed by atoms with Crippen molar-refractivity contribution in [3.63, 3.8) is 0 Å². The number of ether oxygens (including phenoxy) is 1. The second kappa shape index (κ2) is 8.99. The van der Waals surface area contributed by atoms with Gasteiger partial charge in [-0.25, -0.2) is 23.4 Å². The van der Waals surface area contributed by atoms with Gasteiger partial charge in [-0.3, -0.25) is 9.52 Å². The fraction of sp³-hybridized carbons (Fsp3) is 0.250. The van der Waals surface area contributed by atoms with E-state index in [0.29, 0.717) is 16.5 Å². The lowest BCUT2D eigenvalue weighted by Gasteiger charge is -2.02. The molecule has 0 aliphatic carbocycles. The molecule has 0 unspecified atom stereocenters. The van der Waals surface area contributed by atoms with Crippen LogP contribution >= 0.6 is 34.4 Å². The SMILES string of the molecule is CCOC(=O)Cc1csc(NS(=O)(=O)c2ccc(-c3ccnc(SC)n3)s2)n1. The second-order valence-electron chi connectivity index (χ2n) is 5.28. The summed E-state index contributed by atoms with van der Waals surface area (Å²) in [4.78, 5) is 24.9. The predicted molar refractivity (Wildman–Crippen MR) is 110 cm³/mol. The molecule has 3 aromatic rings. The van der Waals surface area contributed by atoms with Crippen molar-refractivity contribution >= 4 is 55.6 Å². The summed E-state index contributed by atoms with van der Waals surface area (Å²) in [6.07, 6.45) is 3.51. The maximum absolute atomic E-state index is 12.6. The highest BCUT2D eigenvalue weighted by Crippen LogP contribution is 2.31. The fourth-order valence-electron chi connectivity index (χ4n) is 2.14. The van der Waals surface area contributed by atoms with E-state index in [-0.39, 0.29) is 22.4 Å². The summed E-state index contributed by atoms with van der Waals surface area (Å²) >= 11 is 3.63. The first-order valence-corrected chi connectivity index (χ1v) is 12.4. The minimum atomic E-state index is -3.79. The first-order chi connectivity index (χ1) is 13.4. The molecule has 28 heavy (non-hydrogen) atoms. The Morgan fingerprint density at radius 2 is 2.11 bits per heavy atom. The fourth-order valence-corrected chi connectivity index (χ4v) is 5.73. The minimum absolute atomic E-state index is 0.000698. The van der Waals surface area contributed by atoms with Crippen LogP contribution in [0.3, 0.4) is 0 Å². The number of hydrogen-bond donors (Lipinski definition) is 1. The van der Waals surface area contributed by atoms with E-state index in [0.717, 1.165) is 27.6 Å². The number of aromatic nitrogens is 3. The number of rotatable bonds is 8. The number of thiophene rings is 1. The van der Waals surface area contributed by atoms with Gasteiger partial charge in [0.1, 0.15) is 4.21 Å². The van der Waals surface area contributed by atoms with Crippen molar-refractivity contribution in [3.8, 4) is 10.6 Å². The molecule has 3 rings (SSSR count). The predicted octanol–water partition coefficient (Wildman–Crippen LogP) is 3.29. The number of anilines is 1. The molecule has 0 aliphatic heterocycles. The zero-order chi connectivity index (χ0) is 20.1. The molecule has 0 radical (unpaired) electrons. The van der Waals surface area contributed by atoms with Gasteiger partial charge in [-0.1, -0.05) is 11.8 Å². The molecule has 0 saturated carbocycles. The van der Waals surface area contributed by atoms with Gasteiger partial charge in [0.05, 0.1) is 29.3 Å². The zero-order valence-electron chi connectivity index (χ0n) is 14.9. The molecule has 8 nitrogen and oxygen atoms in total. The van der Waals surface area contributed by atoms with Crippen LogP contribution in [0.25, 0.3) is 10.6 Å². The van der Waals surface area contributed by atoms with Gasteiger partial charge in [-0.2, -0.15) is 0 Å². The molecule has 148 valence electrons. The lowest BCUT2D eigenvalue weighted by atomic mass is 10.3. The van der Waals surface area contributed by atoms with Crippen LogP contribution in [0.15, 0.2) is 39.1 Å². The standard InChI is InChI=1S/C16H16N4O4S4/c1-3-24-13(21)8-10-9-26-16(18-10)20-28(22,23)14-5-4-12(27-14)11-6-7-17-15(19-11)25-2/h4-7,9H,3,8H2,1-2H3,(H,18,20). The van der Waals surface area contributed by atoms with Crippen LogP contribution in [-0.4, -0.2) is 42.2 Å². The smallest absolute Gasteiger partial charge is 0.311 e. The minimum Gasteiger partial charge on any atom is -0.466 e. The summed E-state index contributed by atoms with van der Waals surface area (Å²) < 4.78 is 32.7. The summed E-state index contributed by atoms with van der Waals surface area (Å²) in [7, 11) is -3.79. The number of esters is 1. The maximum Gasteiger partial charge on any atom is 0.311 e. The molecule has 0 bridgehead atoms. The number of thioether (sulfide) groups is 1. The van der Waals surface area contributed by atoms with Crippen LogP contribution in [-0.2, 0) is 26.0 Å². The van der Waals surface area contributed by atoms with Gasteiger partial charge in [0.2, 0.25) is 0 Å². The molecule has 0 aromatic carbocycles. The number of sulfonamides is 1. The third-order valence-electron chi connectivity index (χ3n) is 3.32. The molecule has 0 fully saturated rings. The topological polar surface area (TPSA) is 111 Å². The molecule has 0 saturated heterocycles. The van der Waals surface area contributed by atoms with E-state index < -0.39 is 16.0 Å². The number of thiazole rings is 1. The Bertz CT molecular complexity index is 1080. The highest BCUT2D eigenvalue weighted by atomic mass is 32.2. The van der Waals surface area contributed by atoms with Crippen LogP contribution in [0.4, 0.5) is 5.13 Å². The molecule has 0 spiro atoms. The lowest BCUT2D eigenvalue weighted by Crippen LogP contribution is -2.12. The summed E-state index contributed by atoms with van der Waals surface area (Å²) in [5.41, 5.74) is 1.12. The normalized spacial score (nSPS) is 11.4. The van der Waals surface area contributed by atoms with E-state index in [1.165, 1.54) is 17.8 Å². The Kier molecular flexibility index (Phi) is 6.65. The van der Waals surface area contributed by atoms with Crippen molar-refractivity contribution in [2.45, 2.75) is 22.7 Å². The van der Waals surface area contributed by atoms with Crippen molar-refractivity contribution in [1.29, 1.82) is 0 Å². The highest BCUT2D eigenvalue weighted by Gasteiger charge is 2.20. The number of nitrogens with one attached hydrogen (secondary N) is 1. The van der Waals surface area contributed by atoms with Crippen LogP contribution in [0.2, 0.25) is 0 Å². The van der Waals surface area contributed by atoms with Gasteiger partial charge in [0.15, 0.2) is 10.3 Å². The maximum atomic E-state index is 12.6. The Balaban J connectivity index is 1.74. The second-order valence-corrected chi connectivity index (χ2v) is 9.90. The summed E-state index contributed by atoms with van der Waals surface area (Å²) in [5, 5.41) is 2.44. The number of carbonyl (C=O) groups excluding carboxylic acids is 1. The van der Waals surface area contributed by atoms with E-state index in [1.54, 1.807) is 30.6 Å². The summed E-state index contributed by atoms with van der Waals surface area (Å²) in [6, 6.07) is 4.97. The van der Waals surface area contributed by atoms with E-state index in [9.17, 15) is 13.2 Å². The number of nitrogens with zero attached hydrogens (tertiary/aromatic N) is 3. The molecular formula is C16H16N4O4S4. The van der Waals surface area contributed by atoms with Crippen molar-refractivity contribution in [3.05, 3.63) is 35.5 Å². The Labute approximate surface area is 174 Å². The van der Waals surface area contributed by atoms with Gasteiger partial charge in [-0.05, 0) is 31.4 Å². The van der Waals surface area contributed by atoms with E-state index in [4.69, 9.17) is 4.74 Å². The van der Waals surface area contributed by atoms with Crippen LogP contribution in [0.1, 0.15) is 12.6 Å². The van der Waals surface area contributed by atoms with E-state index in [1.807, 2.05) is 6.26 Å². The first kappa shape index (κ1) is 20.7. The highest BCUT2D eigenvalue weighted by molar-refractivity contribution is 7.98. The third kappa shape index (κ3) is 5.07. The molecule has 0 aliphatic rings. The van der Waals surface area contributed by atoms with Crippen LogP contribution < -0.4 is 4.72 Å². The molecular weight excluding hydrogens is 440 g/mol. The molecule has 0 atom stereocenters. The average molecular weight is 457 g/mol. The van der Waals surface area contributed by atoms with Crippen LogP contribution in [0, 0.1) is 0 Å². The molecule has 0 amide bonds. The van der Waals surface area contributed by atoms with Crippen molar-refractivity contribution in [1.82, 2.24) is 15.0 Å². The van der Waals surface area contributed by atoms with Crippen molar-refractivity contribution < 1.29 is 17.9 Å². The summed E-state index contributed by atoms with van der Waals surface area (Å²) in [5.74, 6) is -0.403. The zero-order valence-corrected chi connectivity index (χ0v) is 18.2. The average Bonchev–Trinajstić information content (AvgIpc) is 3.32. The summed E-state index contributed by atoms with van der Waals surface area (Å²) in [6.45, 7) is 2.01. The largest absolute Gasteiger partial charge is 0.466 e. The Morgan fingerprint density at radius 3 is 2.86 bits per heavy atom. The first-order valence-electron chi connectivity index (χ1n) is 8.01. The van der Waals surface area contributed by atoms with Crippen molar-refractivity contribution in [2.75, 3.05) is 17.6 Å². The van der Waals surface area contributed by atoms with Gasteiger partial charge >= 0.3 is 5.97 Å². The van der Waals surface area contributed by atoms with Crippen LogP contribution in [0.5, 0.6) is 0 Å². The van der Waals surface area contributed by atoms with E-state index in [2.05, 4.69) is 19.7 Å². The quantitative estimate of drug-likeness (QED) is 0.312. The Morgan fingerprint density at radius 1 is 1.29 bits per heavy atom. The van der Waals surface area contributed by atoms with Crippen molar-refractivity contribution in [2.24, 2.45) is 0 Å². The number of hydrogen-bond acceptors (Lipinski definition) is 10. The molecule has 3 aromatic heterocycles. The number of carbonyl (C=O) groups is 1. The third-order valence-corrected chi connectivity index (χ3v) is 7.76. The van der Waals surface area contributed by atoms with Gasteiger partial charge < -0.3 is 4.74 Å². The van der Waals surface area contributed by atoms with Gasteiger partial charge in [0, 0.05) is 11.6 Å². The molecule has 1 N–H and O–H groups in total. The Hall–Kier alpha value is -2.02. The van der Waals surface area contributed by atoms with Gasteiger partial charge in [0.25, 0.3) is 10.0 Å². The molecule has 3 heterocycles. The van der Waals surface area contributed by atoms with Gasteiger partial charge in [-0.15, -0.1) is 22.7 Å². The molecule has 12 heteroatoms. The van der Waals surface area contributed by atoms with E-state index >= 15 is 0 Å².